The molecule has 10 heteroatoms. The van der Waals surface area contributed by atoms with Crippen LogP contribution in [0.4, 0.5) is 0 Å². The van der Waals surface area contributed by atoms with Gasteiger partial charge >= 0.3 is 19.8 Å². The number of ether oxygens (including phenoxy) is 3. The lowest BCUT2D eigenvalue weighted by Crippen LogP contribution is -2.29. The van der Waals surface area contributed by atoms with Gasteiger partial charge in [-0.25, -0.2) is 4.57 Å². The van der Waals surface area contributed by atoms with Gasteiger partial charge in [-0.15, -0.1) is 0 Å². The number of rotatable bonds is 30. The highest BCUT2D eigenvalue weighted by Gasteiger charge is 2.36. The molecule has 0 spiro atoms. The van der Waals surface area contributed by atoms with Crippen molar-refractivity contribution in [3.05, 3.63) is 12.2 Å². The molecule has 2 N–H and O–H groups in total. The standard InChI is InChI=1S/C34H63O9P/c1-4-5-6-7-13-18-23-31-32(43-31)24-19-14-11-16-21-26-34(36)42-30(28-41-44(37,38)39)27-40-33(35)25-20-15-10-8-9-12-17-22-29(2)3/h13,18,29-32H,4-12,14-17,19-28H2,1-3H3,(H2,37,38,39)/b18-13-/t30-,31?,32?/m1/s1. The fourth-order valence-corrected chi connectivity index (χ4v) is 5.51. The zero-order valence-corrected chi connectivity index (χ0v) is 28.8. The Bertz CT molecular complexity index is 811. The molecule has 0 radical (unpaired) electrons. The van der Waals surface area contributed by atoms with Gasteiger partial charge in [0, 0.05) is 12.8 Å². The van der Waals surface area contributed by atoms with Gasteiger partial charge in [0.25, 0.3) is 0 Å². The monoisotopic (exact) mass is 646 g/mol. The molecule has 1 fully saturated rings. The molecule has 1 aliphatic rings. The van der Waals surface area contributed by atoms with E-state index in [-0.39, 0.29) is 19.4 Å². The smallest absolute Gasteiger partial charge is 0.462 e. The summed E-state index contributed by atoms with van der Waals surface area (Å²) in [6.07, 6.45) is 25.4. The third kappa shape index (κ3) is 26.0. The number of phosphoric ester groups is 1. The van der Waals surface area contributed by atoms with Crippen molar-refractivity contribution in [1.82, 2.24) is 0 Å². The average Bonchev–Trinajstić information content (AvgIpc) is 3.72. The lowest BCUT2D eigenvalue weighted by Gasteiger charge is -2.18. The minimum Gasteiger partial charge on any atom is -0.462 e. The van der Waals surface area contributed by atoms with Crippen LogP contribution in [0.1, 0.15) is 156 Å². The number of unbranched alkanes of at least 4 members (excludes halogenated alkanes) is 13. The van der Waals surface area contributed by atoms with Gasteiger partial charge in [-0.3, -0.25) is 14.1 Å². The van der Waals surface area contributed by atoms with E-state index in [0.29, 0.717) is 18.6 Å². The second-order valence-electron chi connectivity index (χ2n) is 12.7. The van der Waals surface area contributed by atoms with E-state index >= 15 is 0 Å². The molecule has 3 atom stereocenters. The molecule has 9 nitrogen and oxygen atoms in total. The molecule has 0 aromatic carbocycles. The lowest BCUT2D eigenvalue weighted by atomic mass is 10.0. The maximum Gasteiger partial charge on any atom is 0.469 e. The molecule has 1 heterocycles. The van der Waals surface area contributed by atoms with Gasteiger partial charge in [0.1, 0.15) is 6.61 Å². The molecule has 0 amide bonds. The molecule has 0 saturated carbocycles. The molecule has 0 aromatic heterocycles. The van der Waals surface area contributed by atoms with Crippen molar-refractivity contribution in [3.63, 3.8) is 0 Å². The fourth-order valence-electron chi connectivity index (χ4n) is 5.15. The average molecular weight is 647 g/mol. The van der Waals surface area contributed by atoms with Crippen LogP contribution in [0.2, 0.25) is 0 Å². The number of hydrogen-bond acceptors (Lipinski definition) is 7. The van der Waals surface area contributed by atoms with Gasteiger partial charge in [-0.05, 0) is 44.4 Å². The van der Waals surface area contributed by atoms with Crippen LogP contribution in [0.15, 0.2) is 12.2 Å². The zero-order valence-electron chi connectivity index (χ0n) is 27.9. The molecule has 2 unspecified atom stereocenters. The molecule has 0 aromatic rings. The normalized spacial score (nSPS) is 17.3. The SMILES string of the molecule is CCCCC/C=C\CC1OC1CCCCCCCC(=O)O[C@H](COC(=O)CCCCCCCCCC(C)C)COP(=O)(O)O. The fraction of sp³-hybridized carbons (Fsp3) is 0.882. The Labute approximate surface area is 267 Å². The van der Waals surface area contributed by atoms with Crippen LogP contribution in [0.25, 0.3) is 0 Å². The highest BCUT2D eigenvalue weighted by atomic mass is 31.2. The predicted octanol–water partition coefficient (Wildman–Crippen LogP) is 8.74. The number of allylic oxidation sites excluding steroid dienone is 1. The molecule has 1 aliphatic heterocycles. The van der Waals surface area contributed by atoms with Crippen LogP contribution in [-0.2, 0) is 32.9 Å². The Balaban J connectivity index is 2.13. The maximum atomic E-state index is 12.3. The Kier molecular flexibility index (Phi) is 24.0. The summed E-state index contributed by atoms with van der Waals surface area (Å²) < 4.78 is 32.0. The van der Waals surface area contributed by atoms with Crippen LogP contribution < -0.4 is 0 Å². The number of epoxide rings is 1. The van der Waals surface area contributed by atoms with Gasteiger partial charge in [-0.2, -0.15) is 0 Å². The van der Waals surface area contributed by atoms with Crippen LogP contribution in [0, 0.1) is 5.92 Å². The zero-order chi connectivity index (χ0) is 32.5. The summed E-state index contributed by atoms with van der Waals surface area (Å²) in [6, 6.07) is 0. The van der Waals surface area contributed by atoms with E-state index in [1.807, 2.05) is 0 Å². The number of esters is 2. The Morgan fingerprint density at radius 1 is 0.773 bits per heavy atom. The summed E-state index contributed by atoms with van der Waals surface area (Å²) in [5.41, 5.74) is 0. The van der Waals surface area contributed by atoms with Crippen molar-refractivity contribution < 1.29 is 42.7 Å². The van der Waals surface area contributed by atoms with Crippen molar-refractivity contribution in [2.24, 2.45) is 5.92 Å². The third-order valence-electron chi connectivity index (χ3n) is 7.89. The number of phosphoric acid groups is 1. The molecule has 0 aliphatic carbocycles. The topological polar surface area (TPSA) is 132 Å². The quantitative estimate of drug-likeness (QED) is 0.0258. The second kappa shape index (κ2) is 25.9. The molecular formula is C34H63O9P. The van der Waals surface area contributed by atoms with Gasteiger partial charge in [0.15, 0.2) is 6.10 Å². The number of carbonyl (C=O) groups is 2. The van der Waals surface area contributed by atoms with Crippen molar-refractivity contribution >= 4 is 19.8 Å². The van der Waals surface area contributed by atoms with Gasteiger partial charge in [0.2, 0.25) is 0 Å². The van der Waals surface area contributed by atoms with Gasteiger partial charge in [-0.1, -0.05) is 116 Å². The minimum atomic E-state index is -4.75. The molecular weight excluding hydrogens is 583 g/mol. The van der Waals surface area contributed by atoms with Crippen LogP contribution >= 0.6 is 7.82 Å². The first-order valence-electron chi connectivity index (χ1n) is 17.5. The van der Waals surface area contributed by atoms with Crippen molar-refractivity contribution in [3.8, 4) is 0 Å². The van der Waals surface area contributed by atoms with Crippen molar-refractivity contribution in [1.29, 1.82) is 0 Å². The first kappa shape index (κ1) is 40.8. The van der Waals surface area contributed by atoms with Crippen molar-refractivity contribution in [2.75, 3.05) is 13.2 Å². The summed E-state index contributed by atoms with van der Waals surface area (Å²) in [7, 11) is -4.75. The Hall–Kier alpha value is -1.25. The molecule has 258 valence electrons. The van der Waals surface area contributed by atoms with Crippen LogP contribution in [0.5, 0.6) is 0 Å². The van der Waals surface area contributed by atoms with Crippen molar-refractivity contribution in [2.45, 2.75) is 174 Å². The highest BCUT2D eigenvalue weighted by Crippen LogP contribution is 2.36. The molecule has 44 heavy (non-hydrogen) atoms. The summed E-state index contributed by atoms with van der Waals surface area (Å²) in [5.74, 6) is -0.154. The summed E-state index contributed by atoms with van der Waals surface area (Å²) in [5, 5.41) is 0. The second-order valence-corrected chi connectivity index (χ2v) is 14.0. The summed E-state index contributed by atoms with van der Waals surface area (Å²) in [6.45, 7) is 5.87. The summed E-state index contributed by atoms with van der Waals surface area (Å²) >= 11 is 0. The van der Waals surface area contributed by atoms with E-state index in [0.717, 1.165) is 76.5 Å². The van der Waals surface area contributed by atoms with E-state index < -0.39 is 32.5 Å². The Morgan fingerprint density at radius 2 is 1.39 bits per heavy atom. The predicted molar refractivity (Wildman–Crippen MR) is 174 cm³/mol. The minimum absolute atomic E-state index is 0.191. The van der Waals surface area contributed by atoms with Crippen LogP contribution in [-0.4, -0.2) is 53.3 Å². The van der Waals surface area contributed by atoms with Gasteiger partial charge in [0.05, 0.1) is 18.8 Å². The maximum absolute atomic E-state index is 12.3. The van der Waals surface area contributed by atoms with E-state index in [4.69, 9.17) is 24.0 Å². The third-order valence-corrected chi connectivity index (χ3v) is 8.37. The largest absolute Gasteiger partial charge is 0.469 e. The molecule has 0 bridgehead atoms. The molecule has 1 saturated heterocycles. The molecule has 1 rings (SSSR count). The van der Waals surface area contributed by atoms with E-state index in [1.165, 1.54) is 44.9 Å². The Morgan fingerprint density at radius 3 is 2.02 bits per heavy atom. The first-order valence-corrected chi connectivity index (χ1v) is 19.0. The number of hydrogen-bond donors (Lipinski definition) is 2. The van der Waals surface area contributed by atoms with E-state index in [1.54, 1.807) is 0 Å². The lowest BCUT2D eigenvalue weighted by molar-refractivity contribution is -0.161. The van der Waals surface area contributed by atoms with E-state index in [2.05, 4.69) is 37.4 Å². The summed E-state index contributed by atoms with van der Waals surface area (Å²) in [4.78, 5) is 42.6. The van der Waals surface area contributed by atoms with Crippen LogP contribution in [0.3, 0.4) is 0 Å². The number of carbonyl (C=O) groups excluding carboxylic acids is 2. The first-order chi connectivity index (χ1) is 21.1. The highest BCUT2D eigenvalue weighted by molar-refractivity contribution is 7.46. The van der Waals surface area contributed by atoms with Gasteiger partial charge < -0.3 is 24.0 Å². The van der Waals surface area contributed by atoms with E-state index in [9.17, 15) is 14.2 Å².